The SMILES string of the molecule is CCC(CC)CC(N)c1ccoc1. The standard InChI is InChI=1S/C11H19NO/c1-3-9(4-2)7-11(12)10-5-6-13-8-10/h5-6,8-9,11H,3-4,7,12H2,1-2H3. The van der Waals surface area contributed by atoms with Gasteiger partial charge in [0.1, 0.15) is 0 Å². The van der Waals surface area contributed by atoms with Crippen LogP contribution in [0, 0.1) is 5.92 Å². The van der Waals surface area contributed by atoms with Crippen LogP contribution in [0.15, 0.2) is 23.0 Å². The van der Waals surface area contributed by atoms with E-state index in [-0.39, 0.29) is 6.04 Å². The van der Waals surface area contributed by atoms with E-state index in [0.717, 1.165) is 17.9 Å². The van der Waals surface area contributed by atoms with E-state index in [9.17, 15) is 0 Å². The van der Waals surface area contributed by atoms with E-state index in [2.05, 4.69) is 13.8 Å². The van der Waals surface area contributed by atoms with E-state index in [1.807, 2.05) is 6.07 Å². The predicted octanol–water partition coefficient (Wildman–Crippen LogP) is 3.11. The van der Waals surface area contributed by atoms with Crippen molar-refractivity contribution < 1.29 is 4.42 Å². The summed E-state index contributed by atoms with van der Waals surface area (Å²) >= 11 is 0. The highest BCUT2D eigenvalue weighted by Gasteiger charge is 2.12. The minimum atomic E-state index is 0.142. The third kappa shape index (κ3) is 2.88. The Bertz CT molecular complexity index is 214. The van der Waals surface area contributed by atoms with Crippen LogP contribution in [0.1, 0.15) is 44.7 Å². The van der Waals surface area contributed by atoms with Crippen molar-refractivity contribution in [2.24, 2.45) is 11.7 Å². The molecule has 13 heavy (non-hydrogen) atoms. The minimum absolute atomic E-state index is 0.142. The molecule has 0 bridgehead atoms. The van der Waals surface area contributed by atoms with Crippen LogP contribution in [0.2, 0.25) is 0 Å². The maximum Gasteiger partial charge on any atom is 0.0950 e. The fraction of sp³-hybridized carbons (Fsp3) is 0.636. The van der Waals surface area contributed by atoms with Crippen LogP contribution < -0.4 is 5.73 Å². The van der Waals surface area contributed by atoms with Crippen molar-refractivity contribution in [3.63, 3.8) is 0 Å². The maximum absolute atomic E-state index is 6.03. The van der Waals surface area contributed by atoms with Crippen molar-refractivity contribution in [2.45, 2.75) is 39.2 Å². The first kappa shape index (κ1) is 10.3. The lowest BCUT2D eigenvalue weighted by atomic mass is 9.93. The Kier molecular flexibility index (Phi) is 4.03. The van der Waals surface area contributed by atoms with Crippen molar-refractivity contribution in [2.75, 3.05) is 0 Å². The van der Waals surface area contributed by atoms with E-state index in [1.54, 1.807) is 12.5 Å². The van der Waals surface area contributed by atoms with Gasteiger partial charge in [0.25, 0.3) is 0 Å². The van der Waals surface area contributed by atoms with E-state index in [0.29, 0.717) is 0 Å². The Hall–Kier alpha value is -0.760. The Labute approximate surface area is 80.1 Å². The van der Waals surface area contributed by atoms with Gasteiger partial charge < -0.3 is 10.2 Å². The molecule has 0 saturated carbocycles. The molecule has 0 radical (unpaired) electrons. The summed E-state index contributed by atoms with van der Waals surface area (Å²) in [6, 6.07) is 2.09. The third-order valence-corrected chi connectivity index (χ3v) is 2.71. The van der Waals surface area contributed by atoms with Crippen LogP contribution in [-0.4, -0.2) is 0 Å². The molecule has 0 spiro atoms. The van der Waals surface area contributed by atoms with Gasteiger partial charge in [-0.15, -0.1) is 0 Å². The smallest absolute Gasteiger partial charge is 0.0950 e. The van der Waals surface area contributed by atoms with Gasteiger partial charge >= 0.3 is 0 Å². The average Bonchev–Trinajstić information content (AvgIpc) is 2.66. The summed E-state index contributed by atoms with van der Waals surface area (Å²) in [7, 11) is 0. The first-order chi connectivity index (χ1) is 6.27. The second-order valence-corrected chi connectivity index (χ2v) is 3.58. The molecule has 0 amide bonds. The lowest BCUT2D eigenvalue weighted by Crippen LogP contribution is -2.14. The summed E-state index contributed by atoms with van der Waals surface area (Å²) in [6.45, 7) is 4.44. The Morgan fingerprint density at radius 3 is 2.54 bits per heavy atom. The summed E-state index contributed by atoms with van der Waals surface area (Å²) in [4.78, 5) is 0. The maximum atomic E-state index is 6.03. The molecule has 74 valence electrons. The van der Waals surface area contributed by atoms with Gasteiger partial charge in [-0.05, 0) is 18.4 Å². The molecule has 2 N–H and O–H groups in total. The van der Waals surface area contributed by atoms with Crippen LogP contribution in [0.25, 0.3) is 0 Å². The van der Waals surface area contributed by atoms with Gasteiger partial charge in [-0.3, -0.25) is 0 Å². The number of nitrogens with two attached hydrogens (primary N) is 1. The summed E-state index contributed by atoms with van der Waals surface area (Å²) < 4.78 is 5.00. The first-order valence-corrected chi connectivity index (χ1v) is 5.05. The highest BCUT2D eigenvalue weighted by atomic mass is 16.3. The molecule has 2 nitrogen and oxygen atoms in total. The summed E-state index contributed by atoms with van der Waals surface area (Å²) in [5, 5.41) is 0. The molecule has 0 aliphatic carbocycles. The molecule has 1 unspecified atom stereocenters. The molecule has 1 atom stereocenters. The van der Waals surface area contributed by atoms with Gasteiger partial charge in [-0.25, -0.2) is 0 Å². The van der Waals surface area contributed by atoms with Crippen molar-refractivity contribution in [3.05, 3.63) is 24.2 Å². The number of hydrogen-bond donors (Lipinski definition) is 1. The predicted molar refractivity (Wildman–Crippen MR) is 54.3 cm³/mol. The molecule has 0 aromatic carbocycles. The number of rotatable bonds is 5. The Morgan fingerprint density at radius 2 is 2.08 bits per heavy atom. The fourth-order valence-corrected chi connectivity index (χ4v) is 1.60. The lowest BCUT2D eigenvalue weighted by molar-refractivity contribution is 0.412. The zero-order valence-corrected chi connectivity index (χ0v) is 8.49. The van der Waals surface area contributed by atoms with Crippen molar-refractivity contribution in [1.29, 1.82) is 0 Å². The summed E-state index contributed by atoms with van der Waals surface area (Å²) in [6.07, 6.45) is 6.91. The lowest BCUT2D eigenvalue weighted by Gasteiger charge is -2.16. The van der Waals surface area contributed by atoms with Gasteiger partial charge in [-0.1, -0.05) is 26.7 Å². The molecule has 0 saturated heterocycles. The molecule has 1 aromatic rings. The molecule has 0 fully saturated rings. The Balaban J connectivity index is 2.45. The zero-order valence-electron chi connectivity index (χ0n) is 8.49. The summed E-state index contributed by atoms with van der Waals surface area (Å²) in [5.74, 6) is 0.741. The van der Waals surface area contributed by atoms with E-state index in [4.69, 9.17) is 10.2 Å². The van der Waals surface area contributed by atoms with Gasteiger partial charge in [0.05, 0.1) is 12.5 Å². The highest BCUT2D eigenvalue weighted by Crippen LogP contribution is 2.23. The molecule has 1 heterocycles. The second kappa shape index (κ2) is 5.07. The van der Waals surface area contributed by atoms with E-state index < -0.39 is 0 Å². The van der Waals surface area contributed by atoms with Crippen molar-refractivity contribution in [1.82, 2.24) is 0 Å². The zero-order chi connectivity index (χ0) is 9.68. The van der Waals surface area contributed by atoms with Gasteiger partial charge in [0.15, 0.2) is 0 Å². The molecule has 0 aliphatic rings. The van der Waals surface area contributed by atoms with Crippen LogP contribution >= 0.6 is 0 Å². The third-order valence-electron chi connectivity index (χ3n) is 2.71. The first-order valence-electron chi connectivity index (χ1n) is 5.05. The Morgan fingerprint density at radius 1 is 1.38 bits per heavy atom. The second-order valence-electron chi connectivity index (χ2n) is 3.58. The number of furan rings is 1. The van der Waals surface area contributed by atoms with Crippen molar-refractivity contribution in [3.8, 4) is 0 Å². The number of hydrogen-bond acceptors (Lipinski definition) is 2. The fourth-order valence-electron chi connectivity index (χ4n) is 1.60. The molecular weight excluding hydrogens is 162 g/mol. The van der Waals surface area contributed by atoms with E-state index >= 15 is 0 Å². The van der Waals surface area contributed by atoms with Crippen LogP contribution in [0.4, 0.5) is 0 Å². The van der Waals surface area contributed by atoms with Crippen molar-refractivity contribution >= 4 is 0 Å². The molecule has 2 heteroatoms. The van der Waals surface area contributed by atoms with Crippen LogP contribution in [-0.2, 0) is 0 Å². The molecular formula is C11H19NO. The minimum Gasteiger partial charge on any atom is -0.472 e. The normalized spacial score (nSPS) is 13.5. The molecule has 0 aliphatic heterocycles. The highest BCUT2D eigenvalue weighted by molar-refractivity contribution is 5.10. The average molecular weight is 181 g/mol. The largest absolute Gasteiger partial charge is 0.472 e. The van der Waals surface area contributed by atoms with Gasteiger partial charge in [0.2, 0.25) is 0 Å². The quantitative estimate of drug-likeness (QED) is 0.758. The van der Waals surface area contributed by atoms with Crippen LogP contribution in [0.3, 0.4) is 0 Å². The monoisotopic (exact) mass is 181 g/mol. The molecule has 1 rings (SSSR count). The van der Waals surface area contributed by atoms with E-state index in [1.165, 1.54) is 12.8 Å². The molecule has 1 aromatic heterocycles. The van der Waals surface area contributed by atoms with Crippen LogP contribution in [0.5, 0.6) is 0 Å². The van der Waals surface area contributed by atoms with Gasteiger partial charge in [-0.2, -0.15) is 0 Å². The summed E-state index contributed by atoms with van der Waals surface area (Å²) in [5.41, 5.74) is 7.15. The van der Waals surface area contributed by atoms with Gasteiger partial charge in [0, 0.05) is 11.6 Å². The topological polar surface area (TPSA) is 39.2 Å².